The molecule has 5 nitrogen and oxygen atoms in total. The Morgan fingerprint density at radius 1 is 1.40 bits per heavy atom. The number of amides is 1. The molecule has 1 aromatic heterocycles. The second-order valence-corrected chi connectivity index (χ2v) is 6.60. The molecule has 1 aromatic rings. The number of ketones is 1. The van der Waals surface area contributed by atoms with Gasteiger partial charge in [-0.2, -0.15) is 0 Å². The lowest BCUT2D eigenvalue weighted by atomic mass is 10.0. The summed E-state index contributed by atoms with van der Waals surface area (Å²) < 4.78 is 0. The van der Waals surface area contributed by atoms with E-state index in [9.17, 15) is 14.4 Å². The first-order valence-corrected chi connectivity index (χ1v) is 7.92. The monoisotopic (exact) mass is 315 g/mol. The third-order valence-electron chi connectivity index (χ3n) is 2.58. The first-order valence-electron chi connectivity index (χ1n) is 6.05. The number of hydrogen-bond acceptors (Lipinski definition) is 5. The fraction of sp³-hybridized carbons (Fsp3) is 0.462. The van der Waals surface area contributed by atoms with Crippen molar-refractivity contribution >= 4 is 40.8 Å². The molecule has 0 fully saturated rings. The Bertz CT molecular complexity index is 510. The number of thiophene rings is 1. The highest BCUT2D eigenvalue weighted by molar-refractivity contribution is 8.00. The van der Waals surface area contributed by atoms with Crippen molar-refractivity contribution in [2.24, 2.45) is 5.92 Å². The van der Waals surface area contributed by atoms with Gasteiger partial charge in [-0.25, -0.2) is 4.79 Å². The summed E-state index contributed by atoms with van der Waals surface area (Å²) in [6, 6.07) is 1.07. The van der Waals surface area contributed by atoms with E-state index in [0.29, 0.717) is 0 Å². The van der Waals surface area contributed by atoms with Gasteiger partial charge in [0.1, 0.15) is 4.88 Å². The van der Waals surface area contributed by atoms with Crippen LogP contribution >= 0.6 is 23.1 Å². The average Bonchev–Trinajstić information content (AvgIpc) is 2.81. The molecule has 1 atom stereocenters. The van der Waals surface area contributed by atoms with Crippen LogP contribution in [0, 0.1) is 5.92 Å². The summed E-state index contributed by atoms with van der Waals surface area (Å²) in [7, 11) is 0. The number of aromatic carboxylic acids is 1. The van der Waals surface area contributed by atoms with Crippen molar-refractivity contribution in [1.29, 1.82) is 0 Å². The van der Waals surface area contributed by atoms with E-state index in [1.54, 1.807) is 5.38 Å². The SMILES string of the molecule is CC(=O)C(NC(=O)CSc1csc(C(=O)O)c1)C(C)C. The van der Waals surface area contributed by atoms with E-state index < -0.39 is 12.0 Å². The van der Waals surface area contributed by atoms with Crippen LogP contribution in [0.2, 0.25) is 0 Å². The van der Waals surface area contributed by atoms with Crippen LogP contribution < -0.4 is 5.32 Å². The van der Waals surface area contributed by atoms with Gasteiger partial charge in [-0.1, -0.05) is 13.8 Å². The molecule has 1 unspecified atom stereocenters. The highest BCUT2D eigenvalue weighted by atomic mass is 32.2. The number of nitrogens with one attached hydrogen (secondary N) is 1. The van der Waals surface area contributed by atoms with Gasteiger partial charge >= 0.3 is 5.97 Å². The molecule has 1 amide bonds. The van der Waals surface area contributed by atoms with Crippen molar-refractivity contribution in [1.82, 2.24) is 5.32 Å². The van der Waals surface area contributed by atoms with E-state index in [2.05, 4.69) is 5.32 Å². The number of carboxylic acid groups (broad SMARTS) is 1. The molecule has 0 aliphatic heterocycles. The highest BCUT2D eigenvalue weighted by Crippen LogP contribution is 2.24. The maximum absolute atomic E-state index is 11.8. The summed E-state index contributed by atoms with van der Waals surface area (Å²) >= 11 is 2.38. The molecular weight excluding hydrogens is 298 g/mol. The smallest absolute Gasteiger partial charge is 0.345 e. The summed E-state index contributed by atoms with van der Waals surface area (Å²) in [5.41, 5.74) is 0. The lowest BCUT2D eigenvalue weighted by Crippen LogP contribution is -2.44. The quantitative estimate of drug-likeness (QED) is 0.754. The Morgan fingerprint density at radius 3 is 2.50 bits per heavy atom. The largest absolute Gasteiger partial charge is 0.477 e. The van der Waals surface area contributed by atoms with Crippen molar-refractivity contribution in [3.63, 3.8) is 0 Å². The van der Waals surface area contributed by atoms with E-state index in [1.165, 1.54) is 24.8 Å². The Labute approximate surface area is 125 Å². The Morgan fingerprint density at radius 2 is 2.05 bits per heavy atom. The van der Waals surface area contributed by atoms with Crippen molar-refractivity contribution < 1.29 is 19.5 Å². The van der Waals surface area contributed by atoms with E-state index >= 15 is 0 Å². The normalized spacial score (nSPS) is 12.2. The minimum Gasteiger partial charge on any atom is -0.477 e. The Balaban J connectivity index is 2.50. The van der Waals surface area contributed by atoms with E-state index in [1.807, 2.05) is 13.8 Å². The van der Waals surface area contributed by atoms with E-state index in [4.69, 9.17) is 5.11 Å². The summed E-state index contributed by atoms with van der Waals surface area (Å²) in [5, 5.41) is 13.2. The molecule has 0 radical (unpaired) electrons. The summed E-state index contributed by atoms with van der Waals surface area (Å²) in [5.74, 6) is -1.07. The summed E-state index contributed by atoms with van der Waals surface area (Å²) in [4.78, 5) is 34.9. The van der Waals surface area contributed by atoms with Crippen molar-refractivity contribution in [3.05, 3.63) is 16.3 Å². The van der Waals surface area contributed by atoms with Gasteiger partial charge in [0.15, 0.2) is 5.78 Å². The van der Waals surface area contributed by atoms with Crippen LogP contribution in [0.25, 0.3) is 0 Å². The maximum atomic E-state index is 11.8. The predicted octanol–water partition coefficient (Wildman–Crippen LogP) is 2.27. The molecule has 7 heteroatoms. The maximum Gasteiger partial charge on any atom is 0.345 e. The van der Waals surface area contributed by atoms with Crippen molar-refractivity contribution in [3.8, 4) is 0 Å². The van der Waals surface area contributed by atoms with E-state index in [-0.39, 0.29) is 28.2 Å². The molecule has 0 spiro atoms. The highest BCUT2D eigenvalue weighted by Gasteiger charge is 2.20. The van der Waals surface area contributed by atoms with Crippen LogP contribution in [-0.4, -0.2) is 34.6 Å². The van der Waals surface area contributed by atoms with Gasteiger partial charge in [0, 0.05) is 10.3 Å². The van der Waals surface area contributed by atoms with Crippen LogP contribution in [-0.2, 0) is 9.59 Å². The third-order valence-corrected chi connectivity index (χ3v) is 4.62. The first kappa shape index (κ1) is 16.7. The van der Waals surface area contributed by atoms with Gasteiger partial charge in [-0.3, -0.25) is 9.59 Å². The third kappa shape index (κ3) is 4.97. The molecule has 110 valence electrons. The number of carboxylic acids is 1. The summed E-state index contributed by atoms with van der Waals surface area (Å²) in [6.07, 6.45) is 0. The number of hydrogen-bond donors (Lipinski definition) is 2. The molecule has 0 aromatic carbocycles. The molecule has 2 N–H and O–H groups in total. The van der Waals surface area contributed by atoms with Gasteiger partial charge < -0.3 is 10.4 Å². The number of carbonyl (C=O) groups excluding carboxylic acids is 2. The van der Waals surface area contributed by atoms with Crippen LogP contribution in [0.15, 0.2) is 16.3 Å². The average molecular weight is 315 g/mol. The van der Waals surface area contributed by atoms with Crippen LogP contribution in [0.3, 0.4) is 0 Å². The van der Waals surface area contributed by atoms with Crippen LogP contribution in [0.4, 0.5) is 0 Å². The standard InChI is InChI=1S/C13H17NO4S2/c1-7(2)12(8(3)15)14-11(16)6-19-9-4-10(13(17)18)20-5-9/h4-5,7,12H,6H2,1-3H3,(H,14,16)(H,17,18). The molecular formula is C13H17NO4S2. The zero-order chi connectivity index (χ0) is 15.3. The minimum atomic E-state index is -0.970. The van der Waals surface area contributed by atoms with E-state index in [0.717, 1.165) is 16.2 Å². The zero-order valence-electron chi connectivity index (χ0n) is 11.5. The fourth-order valence-corrected chi connectivity index (χ4v) is 3.29. The van der Waals surface area contributed by atoms with Gasteiger partial charge in [-0.15, -0.1) is 23.1 Å². The van der Waals surface area contributed by atoms with Crippen LogP contribution in [0.1, 0.15) is 30.4 Å². The Kier molecular flexibility index (Phi) is 6.22. The van der Waals surface area contributed by atoms with Gasteiger partial charge in [-0.05, 0) is 18.9 Å². The van der Waals surface area contributed by atoms with Crippen molar-refractivity contribution in [2.45, 2.75) is 31.7 Å². The number of rotatable bonds is 7. The van der Waals surface area contributed by atoms with Gasteiger partial charge in [0.05, 0.1) is 11.8 Å². The molecule has 0 saturated heterocycles. The molecule has 1 rings (SSSR count). The van der Waals surface area contributed by atoms with Gasteiger partial charge in [0.2, 0.25) is 5.91 Å². The Hall–Kier alpha value is -1.34. The van der Waals surface area contributed by atoms with Crippen molar-refractivity contribution in [2.75, 3.05) is 5.75 Å². The fourth-order valence-electron chi connectivity index (χ4n) is 1.61. The first-order chi connectivity index (χ1) is 9.31. The number of Topliss-reactive ketones (excluding diaryl/α,β-unsaturated/α-hetero) is 1. The second kappa shape index (κ2) is 7.44. The summed E-state index contributed by atoms with van der Waals surface area (Å²) in [6.45, 7) is 5.20. The van der Waals surface area contributed by atoms with Crippen LogP contribution in [0.5, 0.6) is 0 Å². The number of carbonyl (C=O) groups is 3. The lowest BCUT2D eigenvalue weighted by Gasteiger charge is -2.19. The minimum absolute atomic E-state index is 0.0428. The molecule has 0 aliphatic rings. The van der Waals surface area contributed by atoms with Gasteiger partial charge in [0.25, 0.3) is 0 Å². The topological polar surface area (TPSA) is 83.5 Å². The molecule has 0 aliphatic carbocycles. The molecule has 0 bridgehead atoms. The lowest BCUT2D eigenvalue weighted by molar-refractivity contribution is -0.126. The zero-order valence-corrected chi connectivity index (χ0v) is 13.1. The predicted molar refractivity (Wildman–Crippen MR) is 79.5 cm³/mol. The number of thioether (sulfide) groups is 1. The molecule has 0 saturated carbocycles. The second-order valence-electron chi connectivity index (χ2n) is 4.64. The molecule has 20 heavy (non-hydrogen) atoms. The molecule has 1 heterocycles.